The highest BCUT2D eigenvalue weighted by atomic mass is 32.1. The molecule has 8 aromatic rings. The van der Waals surface area contributed by atoms with Crippen molar-refractivity contribution in [3.8, 4) is 56.4 Å². The molecule has 2 aromatic heterocycles. The van der Waals surface area contributed by atoms with Gasteiger partial charge in [0.05, 0.1) is 6.85 Å². The van der Waals surface area contributed by atoms with Crippen LogP contribution < -0.4 is 0 Å². The van der Waals surface area contributed by atoms with E-state index in [2.05, 4.69) is 24.3 Å². The molecule has 0 bridgehead atoms. The Morgan fingerprint density at radius 3 is 1.86 bits per heavy atom. The van der Waals surface area contributed by atoms with Gasteiger partial charge < -0.3 is 0 Å². The van der Waals surface area contributed by atoms with E-state index in [-0.39, 0.29) is 29.7 Å². The molecule has 0 saturated heterocycles. The molecule has 4 heteroatoms. The molecule has 0 amide bonds. The van der Waals surface area contributed by atoms with Gasteiger partial charge in [-0.2, -0.15) is 0 Å². The van der Waals surface area contributed by atoms with Crippen molar-refractivity contribution >= 4 is 31.5 Å². The van der Waals surface area contributed by atoms with Gasteiger partial charge in [0.25, 0.3) is 0 Å². The Hall–Kier alpha value is -5.45. The van der Waals surface area contributed by atoms with E-state index < -0.39 is 6.04 Å². The Bertz CT molecular complexity index is 2490. The highest BCUT2D eigenvalue weighted by molar-refractivity contribution is 7.26. The lowest BCUT2D eigenvalue weighted by Gasteiger charge is -2.10. The second kappa shape index (κ2) is 10.8. The molecular weight excluding hydrogens is 543 g/mol. The highest BCUT2D eigenvalue weighted by Crippen LogP contribution is 2.43. The first kappa shape index (κ1) is 20.4. The van der Waals surface area contributed by atoms with Crippen molar-refractivity contribution in [1.82, 2.24) is 15.0 Å². The zero-order chi connectivity index (χ0) is 32.9. The fourth-order valence-electron chi connectivity index (χ4n) is 5.43. The van der Waals surface area contributed by atoms with Crippen molar-refractivity contribution in [3.05, 3.63) is 152 Å². The summed E-state index contributed by atoms with van der Waals surface area (Å²) in [5.41, 5.74) is 5.48. The fraction of sp³-hybridized carbons (Fsp3) is 0. The lowest BCUT2D eigenvalue weighted by molar-refractivity contribution is 1.08. The van der Waals surface area contributed by atoms with Gasteiger partial charge in [-0.1, -0.05) is 139 Å². The highest BCUT2D eigenvalue weighted by Gasteiger charge is 2.18. The van der Waals surface area contributed by atoms with Gasteiger partial charge in [-0.3, -0.25) is 0 Å². The fourth-order valence-corrected chi connectivity index (χ4v) is 6.67. The third-order valence-corrected chi connectivity index (χ3v) is 8.63. The van der Waals surface area contributed by atoms with E-state index in [1.54, 1.807) is 0 Å². The van der Waals surface area contributed by atoms with Crippen LogP contribution in [0.15, 0.2) is 152 Å². The number of benzene rings is 6. The average molecular weight is 573 g/mol. The van der Waals surface area contributed by atoms with Crippen LogP contribution in [0.2, 0.25) is 0 Å². The topological polar surface area (TPSA) is 38.7 Å². The van der Waals surface area contributed by atoms with Gasteiger partial charge in [-0.15, -0.1) is 11.3 Å². The van der Waals surface area contributed by atoms with Gasteiger partial charge in [-0.05, 0) is 34.4 Å². The molecule has 0 aliphatic heterocycles. The third kappa shape index (κ3) is 4.68. The number of aromatic nitrogens is 3. The summed E-state index contributed by atoms with van der Waals surface area (Å²) in [5.74, 6) is 1.62. The Kier molecular flexibility index (Phi) is 5.11. The largest absolute Gasteiger partial charge is 0.208 e. The molecule has 202 valence electrons. The first-order chi connectivity index (χ1) is 23.4. The lowest BCUT2D eigenvalue weighted by atomic mass is 10.0. The molecule has 0 aliphatic carbocycles. The summed E-state index contributed by atoms with van der Waals surface area (Å²) in [6.45, 7) is 0. The van der Waals surface area contributed by atoms with Gasteiger partial charge in [0.2, 0.25) is 0 Å². The zero-order valence-corrected chi connectivity index (χ0v) is 23.6. The van der Waals surface area contributed by atoms with E-state index in [4.69, 9.17) is 21.8 Å². The summed E-state index contributed by atoms with van der Waals surface area (Å²) in [7, 11) is 0. The van der Waals surface area contributed by atoms with Crippen LogP contribution in [0.4, 0.5) is 0 Å². The predicted octanol–water partition coefficient (Wildman–Crippen LogP) is 10.6. The number of rotatable bonds is 5. The number of hydrogen-bond acceptors (Lipinski definition) is 4. The van der Waals surface area contributed by atoms with Gasteiger partial charge in [0, 0.05) is 36.9 Å². The van der Waals surface area contributed by atoms with E-state index in [0.29, 0.717) is 23.0 Å². The molecule has 6 aromatic carbocycles. The van der Waals surface area contributed by atoms with Crippen molar-refractivity contribution in [2.45, 2.75) is 0 Å². The first-order valence-corrected chi connectivity index (χ1v) is 14.7. The smallest absolute Gasteiger partial charge is 0.164 e. The van der Waals surface area contributed by atoms with Crippen LogP contribution in [0.3, 0.4) is 0 Å². The predicted molar refractivity (Wildman–Crippen MR) is 180 cm³/mol. The Labute approximate surface area is 260 Å². The van der Waals surface area contributed by atoms with Crippen LogP contribution >= 0.6 is 11.3 Å². The molecule has 0 N–H and O–H groups in total. The number of hydrogen-bond donors (Lipinski definition) is 0. The maximum Gasteiger partial charge on any atom is 0.164 e. The van der Waals surface area contributed by atoms with E-state index in [1.807, 2.05) is 97.1 Å². The molecule has 43 heavy (non-hydrogen) atoms. The summed E-state index contributed by atoms with van der Waals surface area (Å²) in [6.07, 6.45) is 0. The quantitative estimate of drug-likeness (QED) is 0.206. The van der Waals surface area contributed by atoms with Crippen LogP contribution in [-0.4, -0.2) is 15.0 Å². The molecule has 0 saturated carbocycles. The van der Waals surface area contributed by atoms with Crippen LogP contribution in [0, 0.1) is 0 Å². The summed E-state index contributed by atoms with van der Waals surface area (Å²) < 4.78 is 43.7. The number of nitrogens with zero attached hydrogens (tertiary/aromatic N) is 3. The van der Waals surface area contributed by atoms with E-state index in [9.17, 15) is 0 Å². The summed E-state index contributed by atoms with van der Waals surface area (Å²) in [4.78, 5) is 15.0. The van der Waals surface area contributed by atoms with Gasteiger partial charge in [0.15, 0.2) is 17.5 Å². The maximum absolute atomic E-state index is 8.65. The summed E-state index contributed by atoms with van der Waals surface area (Å²) in [6, 6.07) is 38.3. The minimum Gasteiger partial charge on any atom is -0.208 e. The molecule has 0 fully saturated rings. The normalized spacial score (nSPS) is 12.9. The van der Waals surface area contributed by atoms with Crippen LogP contribution in [-0.2, 0) is 0 Å². The van der Waals surface area contributed by atoms with Gasteiger partial charge in [0.1, 0.15) is 0 Å². The second-order valence-electron chi connectivity index (χ2n) is 10.1. The molecule has 0 unspecified atom stereocenters. The molecule has 0 spiro atoms. The monoisotopic (exact) mass is 572 g/mol. The van der Waals surface area contributed by atoms with Crippen molar-refractivity contribution in [2.75, 3.05) is 0 Å². The zero-order valence-electron chi connectivity index (χ0n) is 27.8. The van der Waals surface area contributed by atoms with Gasteiger partial charge >= 0.3 is 0 Å². The average Bonchev–Trinajstić information content (AvgIpc) is 3.54. The number of fused-ring (bicyclic) bond motifs is 3. The standard InChI is InChI=1S/C39H25N3S/c1-4-13-26(14-5-1)29-19-10-20-30(25-29)38-40-37(28-17-8-3-9-18-28)41-39(42-38)33-23-12-24-34-35(33)32-22-11-21-31(36(32)43-34)27-15-6-2-7-16-27/h1-25H/i2D,6D,7D,15D,16D. The van der Waals surface area contributed by atoms with Crippen LogP contribution in [0.1, 0.15) is 6.85 Å². The maximum atomic E-state index is 8.65. The Morgan fingerprint density at radius 1 is 0.465 bits per heavy atom. The molecule has 0 radical (unpaired) electrons. The molecule has 0 aliphatic rings. The van der Waals surface area contributed by atoms with Gasteiger partial charge in [-0.25, -0.2) is 15.0 Å². The van der Waals surface area contributed by atoms with Crippen LogP contribution in [0.25, 0.3) is 76.6 Å². The Morgan fingerprint density at radius 2 is 1.07 bits per heavy atom. The van der Waals surface area contributed by atoms with Crippen molar-refractivity contribution in [2.24, 2.45) is 0 Å². The Balaban J connectivity index is 1.36. The molecule has 8 rings (SSSR count). The molecule has 2 heterocycles. The van der Waals surface area contributed by atoms with E-state index in [1.165, 1.54) is 11.3 Å². The summed E-state index contributed by atoms with van der Waals surface area (Å²) >= 11 is 1.52. The van der Waals surface area contributed by atoms with Crippen molar-refractivity contribution in [1.29, 1.82) is 0 Å². The lowest BCUT2D eigenvalue weighted by Crippen LogP contribution is -2.00. The molecular formula is C39H25N3S. The number of thiophene rings is 1. The minimum absolute atomic E-state index is 0.187. The first-order valence-electron chi connectivity index (χ1n) is 16.4. The van der Waals surface area contributed by atoms with Crippen molar-refractivity contribution in [3.63, 3.8) is 0 Å². The third-order valence-electron chi connectivity index (χ3n) is 7.43. The SMILES string of the molecule is [2H]c1c([2H])c([2H])c(-c2cccc3c2sc2cccc(-c4nc(-c5ccccc5)nc(-c5cccc(-c6ccccc6)c5)n4)c23)c([2H])c1[2H]. The second-order valence-corrected chi connectivity index (χ2v) is 11.1. The van der Waals surface area contributed by atoms with E-state index >= 15 is 0 Å². The molecule has 3 nitrogen and oxygen atoms in total. The summed E-state index contributed by atoms with van der Waals surface area (Å²) in [5, 5.41) is 1.82. The molecule has 0 atom stereocenters. The van der Waals surface area contributed by atoms with E-state index in [0.717, 1.165) is 48.0 Å². The van der Waals surface area contributed by atoms with Crippen LogP contribution in [0.5, 0.6) is 0 Å². The van der Waals surface area contributed by atoms with Crippen molar-refractivity contribution < 1.29 is 6.85 Å². The minimum atomic E-state index is -0.409.